The Morgan fingerprint density at radius 2 is 1.95 bits per heavy atom. The number of hydrogen-bond donors (Lipinski definition) is 0. The van der Waals surface area contributed by atoms with E-state index in [0.29, 0.717) is 0 Å². The Morgan fingerprint density at radius 1 is 1.11 bits per heavy atom. The number of benzene rings is 2. The minimum atomic E-state index is 0.884. The Labute approximate surface area is 111 Å². The zero-order valence-corrected chi connectivity index (χ0v) is 10.7. The Kier molecular flexibility index (Phi) is 3.02. The van der Waals surface area contributed by atoms with Gasteiger partial charge in [-0.05, 0) is 40.6 Å². The normalized spacial score (nSPS) is 11.2. The van der Waals surface area contributed by atoms with Crippen molar-refractivity contribution in [3.05, 3.63) is 60.7 Å². The molecule has 0 saturated heterocycles. The smallest absolute Gasteiger partial charge is 0.119 e. The summed E-state index contributed by atoms with van der Waals surface area (Å²) in [5.74, 6) is 0.884. The molecule has 0 N–H and O–H groups in total. The molecule has 0 bridgehead atoms. The lowest BCUT2D eigenvalue weighted by Gasteiger charge is -2.03. The van der Waals surface area contributed by atoms with Gasteiger partial charge >= 0.3 is 0 Å². The summed E-state index contributed by atoms with van der Waals surface area (Å²) in [6, 6.07) is 12.4. The van der Waals surface area contributed by atoms with Crippen LogP contribution in [0.2, 0.25) is 0 Å². The zero-order chi connectivity index (χ0) is 13.1. The largest absolute Gasteiger partial charge is 0.497 e. The van der Waals surface area contributed by atoms with Crippen molar-refractivity contribution in [2.24, 2.45) is 0 Å². The third-order valence-electron chi connectivity index (χ3n) is 3.04. The molecule has 94 valence electrons. The van der Waals surface area contributed by atoms with Gasteiger partial charge in [-0.3, -0.25) is 0 Å². The number of ether oxygens (including phenoxy) is 1. The van der Waals surface area contributed by atoms with E-state index in [9.17, 15) is 0 Å². The SMILES string of the molecule is COc1ccc2cc(/C=C/n3ccnc3)ccc2c1. The molecule has 1 heterocycles. The number of methoxy groups -OCH3 is 1. The highest BCUT2D eigenvalue weighted by Gasteiger charge is 1.97. The molecule has 3 aromatic rings. The fourth-order valence-corrected chi connectivity index (χ4v) is 2.00. The first-order chi connectivity index (χ1) is 9.35. The van der Waals surface area contributed by atoms with Gasteiger partial charge in [-0.25, -0.2) is 4.98 Å². The third-order valence-corrected chi connectivity index (χ3v) is 3.04. The monoisotopic (exact) mass is 250 g/mol. The van der Waals surface area contributed by atoms with Gasteiger partial charge < -0.3 is 9.30 Å². The molecule has 0 unspecified atom stereocenters. The fraction of sp³-hybridized carbons (Fsp3) is 0.0625. The molecule has 0 aliphatic heterocycles. The molecule has 19 heavy (non-hydrogen) atoms. The average molecular weight is 250 g/mol. The Bertz CT molecular complexity index is 715. The van der Waals surface area contributed by atoms with Crippen LogP contribution in [-0.4, -0.2) is 16.7 Å². The number of fused-ring (bicyclic) bond motifs is 1. The highest BCUT2D eigenvalue weighted by atomic mass is 16.5. The summed E-state index contributed by atoms with van der Waals surface area (Å²) in [4.78, 5) is 4.00. The van der Waals surface area contributed by atoms with Crippen LogP contribution in [0.1, 0.15) is 5.56 Å². The van der Waals surface area contributed by atoms with Gasteiger partial charge in [0.2, 0.25) is 0 Å². The molecule has 0 atom stereocenters. The predicted octanol–water partition coefficient (Wildman–Crippen LogP) is 3.67. The van der Waals surface area contributed by atoms with Crippen LogP contribution < -0.4 is 4.74 Å². The summed E-state index contributed by atoms with van der Waals surface area (Å²) in [6.45, 7) is 0. The van der Waals surface area contributed by atoms with Crippen molar-refractivity contribution < 1.29 is 4.74 Å². The maximum Gasteiger partial charge on any atom is 0.119 e. The summed E-state index contributed by atoms with van der Waals surface area (Å²) in [6.07, 6.45) is 9.48. The van der Waals surface area contributed by atoms with E-state index < -0.39 is 0 Å². The predicted molar refractivity (Wildman–Crippen MR) is 78.0 cm³/mol. The summed E-state index contributed by atoms with van der Waals surface area (Å²) in [5.41, 5.74) is 1.16. The van der Waals surface area contributed by atoms with Gasteiger partial charge in [0.1, 0.15) is 5.75 Å². The minimum absolute atomic E-state index is 0.884. The molecule has 3 heteroatoms. The standard InChI is InChI=1S/C16H14N2O/c1-19-16-5-4-14-10-13(2-3-15(14)11-16)6-8-18-9-7-17-12-18/h2-12H,1H3/b8-6+. The summed E-state index contributed by atoms with van der Waals surface area (Å²) in [5, 5.41) is 2.38. The fourth-order valence-electron chi connectivity index (χ4n) is 2.00. The van der Waals surface area contributed by atoms with E-state index in [-0.39, 0.29) is 0 Å². The zero-order valence-electron chi connectivity index (χ0n) is 10.7. The maximum atomic E-state index is 5.22. The van der Waals surface area contributed by atoms with Crippen molar-refractivity contribution in [2.75, 3.05) is 7.11 Å². The van der Waals surface area contributed by atoms with Crippen molar-refractivity contribution in [3.8, 4) is 5.75 Å². The van der Waals surface area contributed by atoms with Gasteiger partial charge in [-0.15, -0.1) is 0 Å². The second-order valence-corrected chi connectivity index (χ2v) is 4.30. The number of imidazole rings is 1. The molecular formula is C16H14N2O. The number of nitrogens with zero attached hydrogens (tertiary/aromatic N) is 2. The van der Waals surface area contributed by atoms with Crippen LogP contribution in [0.5, 0.6) is 5.75 Å². The molecule has 1 aromatic heterocycles. The molecule has 0 spiro atoms. The van der Waals surface area contributed by atoms with Crippen molar-refractivity contribution >= 4 is 23.0 Å². The van der Waals surface area contributed by atoms with Gasteiger partial charge in [0, 0.05) is 18.6 Å². The van der Waals surface area contributed by atoms with E-state index >= 15 is 0 Å². The molecular weight excluding hydrogens is 236 g/mol. The highest BCUT2D eigenvalue weighted by Crippen LogP contribution is 2.22. The van der Waals surface area contributed by atoms with Gasteiger partial charge in [0.05, 0.1) is 13.4 Å². The maximum absolute atomic E-state index is 5.22. The van der Waals surface area contributed by atoms with E-state index in [1.54, 1.807) is 19.6 Å². The van der Waals surface area contributed by atoms with E-state index in [1.807, 2.05) is 29.1 Å². The first-order valence-electron chi connectivity index (χ1n) is 6.08. The van der Waals surface area contributed by atoms with Gasteiger partial charge in [-0.2, -0.15) is 0 Å². The van der Waals surface area contributed by atoms with Gasteiger partial charge in [0.15, 0.2) is 0 Å². The van der Waals surface area contributed by atoms with Crippen molar-refractivity contribution in [3.63, 3.8) is 0 Å². The topological polar surface area (TPSA) is 27.1 Å². The number of aromatic nitrogens is 2. The average Bonchev–Trinajstić information content (AvgIpc) is 2.97. The van der Waals surface area contributed by atoms with E-state index in [1.165, 1.54) is 10.8 Å². The molecule has 0 aliphatic carbocycles. The summed E-state index contributed by atoms with van der Waals surface area (Å²) in [7, 11) is 1.68. The third kappa shape index (κ3) is 2.50. The van der Waals surface area contributed by atoms with E-state index in [0.717, 1.165) is 11.3 Å². The Balaban J connectivity index is 1.93. The van der Waals surface area contributed by atoms with E-state index in [2.05, 4.69) is 35.3 Å². The minimum Gasteiger partial charge on any atom is -0.497 e. The molecule has 3 rings (SSSR count). The number of rotatable bonds is 3. The lowest BCUT2D eigenvalue weighted by Crippen LogP contribution is -1.83. The highest BCUT2D eigenvalue weighted by molar-refractivity contribution is 5.86. The van der Waals surface area contributed by atoms with Crippen LogP contribution in [0.3, 0.4) is 0 Å². The van der Waals surface area contributed by atoms with Crippen LogP contribution in [0, 0.1) is 0 Å². The molecule has 0 fully saturated rings. The second-order valence-electron chi connectivity index (χ2n) is 4.30. The van der Waals surface area contributed by atoms with Crippen LogP contribution in [0.4, 0.5) is 0 Å². The summed E-state index contributed by atoms with van der Waals surface area (Å²) >= 11 is 0. The number of hydrogen-bond acceptors (Lipinski definition) is 2. The molecule has 0 aliphatic rings. The molecule has 3 nitrogen and oxygen atoms in total. The summed E-state index contributed by atoms with van der Waals surface area (Å²) < 4.78 is 7.14. The van der Waals surface area contributed by atoms with Crippen LogP contribution >= 0.6 is 0 Å². The Morgan fingerprint density at radius 3 is 2.74 bits per heavy atom. The van der Waals surface area contributed by atoms with Crippen molar-refractivity contribution in [1.82, 2.24) is 9.55 Å². The molecule has 0 saturated carbocycles. The first kappa shape index (κ1) is 11.5. The Hall–Kier alpha value is -2.55. The lowest BCUT2D eigenvalue weighted by atomic mass is 10.1. The van der Waals surface area contributed by atoms with Crippen LogP contribution in [-0.2, 0) is 0 Å². The quantitative estimate of drug-likeness (QED) is 0.709. The van der Waals surface area contributed by atoms with Crippen molar-refractivity contribution in [2.45, 2.75) is 0 Å². The van der Waals surface area contributed by atoms with Crippen LogP contribution in [0.25, 0.3) is 23.0 Å². The second kappa shape index (κ2) is 4.98. The lowest BCUT2D eigenvalue weighted by molar-refractivity contribution is 0.415. The van der Waals surface area contributed by atoms with Crippen LogP contribution in [0.15, 0.2) is 55.1 Å². The van der Waals surface area contributed by atoms with Gasteiger partial charge in [-0.1, -0.05) is 18.2 Å². The van der Waals surface area contributed by atoms with E-state index in [4.69, 9.17) is 4.74 Å². The molecule has 0 radical (unpaired) electrons. The van der Waals surface area contributed by atoms with Crippen molar-refractivity contribution in [1.29, 1.82) is 0 Å². The van der Waals surface area contributed by atoms with Gasteiger partial charge in [0.25, 0.3) is 0 Å². The molecule has 2 aromatic carbocycles. The molecule has 0 amide bonds. The first-order valence-corrected chi connectivity index (χ1v) is 6.08.